The van der Waals surface area contributed by atoms with E-state index in [9.17, 15) is 4.79 Å². The average molecular weight is 218 g/mol. The molecule has 3 nitrogen and oxygen atoms in total. The van der Waals surface area contributed by atoms with Gasteiger partial charge >= 0.3 is 0 Å². The maximum atomic E-state index is 11.5. The van der Waals surface area contributed by atoms with Gasteiger partial charge < -0.3 is 11.1 Å². The molecule has 1 atom stereocenters. The molecule has 3 heteroatoms. The fourth-order valence-electron chi connectivity index (χ4n) is 2.38. The summed E-state index contributed by atoms with van der Waals surface area (Å²) in [7, 11) is 0. The third-order valence-corrected chi connectivity index (χ3v) is 3.31. The van der Waals surface area contributed by atoms with E-state index in [2.05, 4.69) is 19.2 Å². The van der Waals surface area contributed by atoms with Crippen LogP contribution in [-0.2, 0) is 10.2 Å². The van der Waals surface area contributed by atoms with Crippen LogP contribution in [0.3, 0.4) is 0 Å². The molecule has 0 aromatic heterocycles. The van der Waals surface area contributed by atoms with Gasteiger partial charge in [0.25, 0.3) is 0 Å². The normalized spacial score (nSPS) is 22.1. The summed E-state index contributed by atoms with van der Waals surface area (Å²) in [5.41, 5.74) is 8.75. The van der Waals surface area contributed by atoms with Gasteiger partial charge in [0.05, 0.1) is 6.04 Å². The second-order valence-electron chi connectivity index (χ2n) is 5.20. The number of hydrogen-bond donors (Lipinski definition) is 2. The molecule has 16 heavy (non-hydrogen) atoms. The van der Waals surface area contributed by atoms with Crippen LogP contribution in [-0.4, -0.2) is 11.8 Å². The number of carbonyl (C=O) groups excluding carboxylic acids is 1. The van der Waals surface area contributed by atoms with Crippen LogP contribution in [0, 0.1) is 0 Å². The van der Waals surface area contributed by atoms with Crippen LogP contribution in [0.15, 0.2) is 18.2 Å². The number of Topliss-reactive ketones (excluding diaryl/α,β-unsaturated/α-hetero) is 1. The third kappa shape index (κ3) is 1.77. The number of benzene rings is 1. The molecule has 1 aromatic carbocycles. The van der Waals surface area contributed by atoms with Crippen molar-refractivity contribution in [2.24, 2.45) is 0 Å². The van der Waals surface area contributed by atoms with Crippen molar-refractivity contribution in [1.82, 2.24) is 0 Å². The van der Waals surface area contributed by atoms with E-state index in [1.807, 2.05) is 18.2 Å². The predicted octanol–water partition coefficient (Wildman–Crippen LogP) is 2.32. The average Bonchev–Trinajstić information content (AvgIpc) is 2.15. The summed E-state index contributed by atoms with van der Waals surface area (Å²) < 4.78 is 0. The van der Waals surface area contributed by atoms with Crippen molar-refractivity contribution in [3.8, 4) is 0 Å². The van der Waals surface area contributed by atoms with Crippen LogP contribution in [0.5, 0.6) is 0 Å². The highest BCUT2D eigenvalue weighted by Crippen LogP contribution is 2.39. The molecular formula is C13H18N2O. The van der Waals surface area contributed by atoms with E-state index in [4.69, 9.17) is 5.73 Å². The molecule has 1 heterocycles. The fourth-order valence-corrected chi connectivity index (χ4v) is 2.38. The number of ketones is 1. The van der Waals surface area contributed by atoms with Gasteiger partial charge in [0, 0.05) is 11.4 Å². The Bertz CT molecular complexity index is 438. The largest absolute Gasteiger partial charge is 0.399 e. The quantitative estimate of drug-likeness (QED) is 0.711. The summed E-state index contributed by atoms with van der Waals surface area (Å²) in [5.74, 6) is 0.182. The highest BCUT2D eigenvalue weighted by molar-refractivity contribution is 5.86. The minimum absolute atomic E-state index is 0.0185. The zero-order valence-electron chi connectivity index (χ0n) is 10.0. The summed E-state index contributed by atoms with van der Waals surface area (Å²) in [6.45, 7) is 5.96. The zero-order valence-corrected chi connectivity index (χ0v) is 10.0. The van der Waals surface area contributed by atoms with Gasteiger partial charge in [0.1, 0.15) is 0 Å². The summed E-state index contributed by atoms with van der Waals surface area (Å²) in [6, 6.07) is 5.78. The van der Waals surface area contributed by atoms with Gasteiger partial charge in [0.2, 0.25) is 0 Å². The standard InChI is InChI=1S/C13H18N2O/c1-8(16)12-7-13(2,3)10-5-4-9(14)6-11(10)15-12/h4-6,12,15H,7,14H2,1-3H3. The van der Waals surface area contributed by atoms with Gasteiger partial charge in [-0.25, -0.2) is 0 Å². The van der Waals surface area contributed by atoms with E-state index >= 15 is 0 Å². The second kappa shape index (κ2) is 3.51. The lowest BCUT2D eigenvalue weighted by atomic mass is 9.74. The first-order chi connectivity index (χ1) is 7.40. The first kappa shape index (κ1) is 11.0. The van der Waals surface area contributed by atoms with Crippen LogP contribution in [0.2, 0.25) is 0 Å². The predicted molar refractivity (Wildman–Crippen MR) is 66.6 cm³/mol. The van der Waals surface area contributed by atoms with E-state index < -0.39 is 0 Å². The highest BCUT2D eigenvalue weighted by Gasteiger charge is 2.34. The Morgan fingerprint density at radius 1 is 1.50 bits per heavy atom. The molecule has 1 unspecified atom stereocenters. The molecule has 3 N–H and O–H groups in total. The van der Waals surface area contributed by atoms with Gasteiger partial charge in [-0.1, -0.05) is 19.9 Å². The van der Waals surface area contributed by atoms with E-state index in [-0.39, 0.29) is 17.2 Å². The van der Waals surface area contributed by atoms with Crippen molar-refractivity contribution in [2.45, 2.75) is 38.6 Å². The molecule has 0 saturated heterocycles. The lowest BCUT2D eigenvalue weighted by Gasteiger charge is -2.37. The lowest BCUT2D eigenvalue weighted by Crippen LogP contribution is -2.40. The molecule has 0 aliphatic carbocycles. The summed E-state index contributed by atoms with van der Waals surface area (Å²) in [6.07, 6.45) is 0.833. The van der Waals surface area contributed by atoms with E-state index in [1.54, 1.807) is 6.92 Å². The van der Waals surface area contributed by atoms with Crippen molar-refractivity contribution < 1.29 is 4.79 Å². The maximum Gasteiger partial charge on any atom is 0.151 e. The number of carbonyl (C=O) groups is 1. The van der Waals surface area contributed by atoms with E-state index in [1.165, 1.54) is 5.56 Å². The van der Waals surface area contributed by atoms with Gasteiger partial charge in [-0.2, -0.15) is 0 Å². The molecule has 0 spiro atoms. The molecule has 86 valence electrons. The van der Waals surface area contributed by atoms with E-state index in [0.717, 1.165) is 17.8 Å². The van der Waals surface area contributed by atoms with Crippen LogP contribution >= 0.6 is 0 Å². The maximum absolute atomic E-state index is 11.5. The Hall–Kier alpha value is -1.51. The number of rotatable bonds is 1. The zero-order chi connectivity index (χ0) is 11.9. The monoisotopic (exact) mass is 218 g/mol. The van der Waals surface area contributed by atoms with Crippen molar-refractivity contribution in [3.05, 3.63) is 23.8 Å². The fraction of sp³-hybridized carbons (Fsp3) is 0.462. The minimum atomic E-state index is -0.0932. The van der Waals surface area contributed by atoms with Gasteiger partial charge in [-0.3, -0.25) is 4.79 Å². The van der Waals surface area contributed by atoms with Crippen LogP contribution in [0.1, 0.15) is 32.8 Å². The molecule has 0 bridgehead atoms. The van der Waals surface area contributed by atoms with Crippen LogP contribution < -0.4 is 11.1 Å². The second-order valence-corrected chi connectivity index (χ2v) is 5.20. The molecule has 0 radical (unpaired) electrons. The molecule has 1 aliphatic rings. The Labute approximate surface area is 96.0 Å². The number of fused-ring (bicyclic) bond motifs is 1. The summed E-state index contributed by atoms with van der Waals surface area (Å²) in [5, 5.41) is 3.26. The summed E-state index contributed by atoms with van der Waals surface area (Å²) >= 11 is 0. The molecule has 0 fully saturated rings. The number of anilines is 2. The molecule has 2 rings (SSSR count). The first-order valence-electron chi connectivity index (χ1n) is 5.57. The molecular weight excluding hydrogens is 200 g/mol. The number of hydrogen-bond acceptors (Lipinski definition) is 3. The van der Waals surface area contributed by atoms with Crippen LogP contribution in [0.4, 0.5) is 11.4 Å². The molecule has 1 aliphatic heterocycles. The van der Waals surface area contributed by atoms with Crippen molar-refractivity contribution in [3.63, 3.8) is 0 Å². The van der Waals surface area contributed by atoms with Gasteiger partial charge in [-0.15, -0.1) is 0 Å². The van der Waals surface area contributed by atoms with Crippen molar-refractivity contribution in [1.29, 1.82) is 0 Å². The number of nitrogens with one attached hydrogen (secondary N) is 1. The van der Waals surface area contributed by atoms with Crippen LogP contribution in [0.25, 0.3) is 0 Å². The SMILES string of the molecule is CC(=O)C1CC(C)(C)c2ccc(N)cc2N1. The molecule has 0 amide bonds. The third-order valence-electron chi connectivity index (χ3n) is 3.31. The Morgan fingerprint density at radius 2 is 2.19 bits per heavy atom. The van der Waals surface area contributed by atoms with Gasteiger partial charge in [-0.05, 0) is 36.5 Å². The smallest absolute Gasteiger partial charge is 0.151 e. The van der Waals surface area contributed by atoms with E-state index in [0.29, 0.717) is 0 Å². The lowest BCUT2D eigenvalue weighted by molar-refractivity contribution is -0.118. The number of nitrogens with two attached hydrogens (primary N) is 1. The van der Waals surface area contributed by atoms with Gasteiger partial charge in [0.15, 0.2) is 5.78 Å². The molecule has 0 saturated carbocycles. The van der Waals surface area contributed by atoms with Crippen molar-refractivity contribution >= 4 is 17.2 Å². The molecule has 1 aromatic rings. The minimum Gasteiger partial charge on any atom is -0.399 e. The Morgan fingerprint density at radius 3 is 2.81 bits per heavy atom. The topological polar surface area (TPSA) is 55.1 Å². The summed E-state index contributed by atoms with van der Waals surface area (Å²) in [4.78, 5) is 11.5. The highest BCUT2D eigenvalue weighted by atomic mass is 16.1. The Kier molecular flexibility index (Phi) is 2.41. The van der Waals surface area contributed by atoms with Crippen molar-refractivity contribution in [2.75, 3.05) is 11.1 Å². The Balaban J connectivity index is 2.47. The number of nitrogen functional groups attached to an aromatic ring is 1. The first-order valence-corrected chi connectivity index (χ1v) is 5.57.